The van der Waals surface area contributed by atoms with Gasteiger partial charge in [-0.1, -0.05) is 19.9 Å². The van der Waals surface area contributed by atoms with Gasteiger partial charge in [-0.25, -0.2) is 0 Å². The van der Waals surface area contributed by atoms with Crippen LogP contribution in [-0.4, -0.2) is 39.7 Å². The molecule has 0 radical (unpaired) electrons. The maximum Gasteiger partial charge on any atom is 0.0773 e. The summed E-state index contributed by atoms with van der Waals surface area (Å²) in [6.07, 6.45) is 1.97. The Morgan fingerprint density at radius 1 is 1.29 bits per heavy atom. The molecule has 0 aliphatic rings. The number of likely N-dealkylation sites (N-methyl/N-ethyl adjacent to an activating group) is 1. The molecule has 17 heavy (non-hydrogen) atoms. The van der Waals surface area contributed by atoms with Crippen molar-refractivity contribution in [3.8, 4) is 0 Å². The van der Waals surface area contributed by atoms with Gasteiger partial charge in [0.05, 0.1) is 6.10 Å². The highest BCUT2D eigenvalue weighted by Gasteiger charge is 2.32. The number of aliphatic hydroxyl groups excluding tert-OH is 1. The molecule has 1 atom stereocenters. The van der Waals surface area contributed by atoms with Crippen molar-refractivity contribution in [1.82, 2.24) is 9.88 Å². The van der Waals surface area contributed by atoms with Gasteiger partial charge in [-0.15, -0.1) is 0 Å². The molecular formula is C14H24N2O. The second-order valence-electron chi connectivity index (χ2n) is 4.87. The van der Waals surface area contributed by atoms with E-state index in [1.807, 2.05) is 18.2 Å². The van der Waals surface area contributed by atoms with E-state index >= 15 is 0 Å². The zero-order valence-corrected chi connectivity index (χ0v) is 11.3. The molecule has 0 saturated heterocycles. The van der Waals surface area contributed by atoms with Crippen LogP contribution in [0.3, 0.4) is 0 Å². The van der Waals surface area contributed by atoms with E-state index in [-0.39, 0.29) is 5.54 Å². The summed E-state index contributed by atoms with van der Waals surface area (Å²) < 4.78 is 0. The number of hydrogen-bond donors (Lipinski definition) is 1. The van der Waals surface area contributed by atoms with Crippen molar-refractivity contribution in [2.24, 2.45) is 0 Å². The van der Waals surface area contributed by atoms with Crippen molar-refractivity contribution in [3.63, 3.8) is 0 Å². The lowest BCUT2D eigenvalue weighted by atomic mass is 9.91. The van der Waals surface area contributed by atoms with Crippen molar-refractivity contribution < 1.29 is 5.11 Å². The van der Waals surface area contributed by atoms with Crippen molar-refractivity contribution in [2.45, 2.75) is 45.8 Å². The van der Waals surface area contributed by atoms with Crippen molar-refractivity contribution >= 4 is 0 Å². The molecule has 1 heterocycles. The van der Waals surface area contributed by atoms with Gasteiger partial charge in [0.1, 0.15) is 0 Å². The summed E-state index contributed by atoms with van der Waals surface area (Å²) in [5.41, 5.74) is 0.723. The minimum Gasteiger partial charge on any atom is -0.391 e. The third-order valence-electron chi connectivity index (χ3n) is 3.52. The largest absolute Gasteiger partial charge is 0.391 e. The van der Waals surface area contributed by atoms with Crippen LogP contribution in [0.15, 0.2) is 24.4 Å². The van der Waals surface area contributed by atoms with Crippen LogP contribution in [0.2, 0.25) is 0 Å². The van der Waals surface area contributed by atoms with Gasteiger partial charge in [0.25, 0.3) is 0 Å². The monoisotopic (exact) mass is 236 g/mol. The Kier molecular flexibility index (Phi) is 5.09. The standard InChI is InChI=1S/C14H24N2O/c1-5-16(6-2)14(3,4)13(17)11-12-9-7-8-10-15-12/h7-10,13,17H,5-6,11H2,1-4H3. The summed E-state index contributed by atoms with van der Waals surface area (Å²) in [6, 6.07) is 5.81. The van der Waals surface area contributed by atoms with Crippen molar-refractivity contribution in [2.75, 3.05) is 13.1 Å². The molecule has 0 aliphatic heterocycles. The van der Waals surface area contributed by atoms with Gasteiger partial charge in [-0.2, -0.15) is 0 Å². The smallest absolute Gasteiger partial charge is 0.0773 e. The summed E-state index contributed by atoms with van der Waals surface area (Å²) in [5.74, 6) is 0. The zero-order valence-electron chi connectivity index (χ0n) is 11.3. The highest BCUT2D eigenvalue weighted by Crippen LogP contribution is 2.21. The molecule has 1 rings (SSSR count). The van der Waals surface area contributed by atoms with E-state index in [1.165, 1.54) is 0 Å². The maximum atomic E-state index is 10.4. The Hall–Kier alpha value is -0.930. The number of aromatic nitrogens is 1. The minimum atomic E-state index is -0.405. The van der Waals surface area contributed by atoms with Gasteiger partial charge in [0, 0.05) is 23.9 Å². The average molecular weight is 236 g/mol. The minimum absolute atomic E-state index is 0.221. The lowest BCUT2D eigenvalue weighted by Crippen LogP contribution is -2.53. The van der Waals surface area contributed by atoms with Crippen LogP contribution in [0.5, 0.6) is 0 Å². The molecule has 1 aromatic rings. The molecule has 3 nitrogen and oxygen atoms in total. The summed E-state index contributed by atoms with van der Waals surface area (Å²) in [4.78, 5) is 6.54. The summed E-state index contributed by atoms with van der Waals surface area (Å²) in [5, 5.41) is 10.4. The van der Waals surface area contributed by atoms with Crippen LogP contribution in [0.4, 0.5) is 0 Å². The van der Waals surface area contributed by atoms with Gasteiger partial charge in [0.15, 0.2) is 0 Å². The van der Waals surface area contributed by atoms with E-state index < -0.39 is 6.10 Å². The predicted molar refractivity (Wildman–Crippen MR) is 70.9 cm³/mol. The van der Waals surface area contributed by atoms with Gasteiger partial charge >= 0.3 is 0 Å². The summed E-state index contributed by atoms with van der Waals surface area (Å²) >= 11 is 0. The first-order valence-electron chi connectivity index (χ1n) is 6.35. The summed E-state index contributed by atoms with van der Waals surface area (Å²) in [6.45, 7) is 10.3. The highest BCUT2D eigenvalue weighted by molar-refractivity contribution is 5.06. The van der Waals surface area contributed by atoms with Crippen LogP contribution >= 0.6 is 0 Å². The molecule has 0 fully saturated rings. The lowest BCUT2D eigenvalue weighted by Gasteiger charge is -2.41. The SMILES string of the molecule is CCN(CC)C(C)(C)C(O)Cc1ccccn1. The lowest BCUT2D eigenvalue weighted by molar-refractivity contribution is -0.00464. The maximum absolute atomic E-state index is 10.4. The third-order valence-corrected chi connectivity index (χ3v) is 3.52. The van der Waals surface area contributed by atoms with Gasteiger partial charge in [-0.3, -0.25) is 9.88 Å². The molecule has 96 valence electrons. The Morgan fingerprint density at radius 2 is 1.94 bits per heavy atom. The number of rotatable bonds is 6. The molecule has 3 heteroatoms. The molecule has 0 saturated carbocycles. The first-order valence-corrected chi connectivity index (χ1v) is 6.35. The number of aliphatic hydroxyl groups is 1. The Balaban J connectivity index is 2.71. The van der Waals surface area contributed by atoms with Gasteiger partial charge < -0.3 is 5.11 Å². The first kappa shape index (κ1) is 14.1. The average Bonchev–Trinajstić information content (AvgIpc) is 2.31. The summed E-state index contributed by atoms with van der Waals surface area (Å²) in [7, 11) is 0. The molecular weight excluding hydrogens is 212 g/mol. The van der Waals surface area contributed by atoms with Crippen LogP contribution in [-0.2, 0) is 6.42 Å². The van der Waals surface area contributed by atoms with E-state index in [2.05, 4.69) is 37.6 Å². The fraction of sp³-hybridized carbons (Fsp3) is 0.643. The Labute approximate surface area is 104 Å². The van der Waals surface area contributed by atoms with Gasteiger partial charge in [-0.05, 0) is 39.1 Å². The van der Waals surface area contributed by atoms with Crippen molar-refractivity contribution in [3.05, 3.63) is 30.1 Å². The quantitative estimate of drug-likeness (QED) is 0.822. The van der Waals surface area contributed by atoms with Gasteiger partial charge in [0.2, 0.25) is 0 Å². The van der Waals surface area contributed by atoms with E-state index in [4.69, 9.17) is 0 Å². The fourth-order valence-corrected chi connectivity index (χ4v) is 2.22. The fourth-order valence-electron chi connectivity index (χ4n) is 2.22. The van der Waals surface area contributed by atoms with Crippen LogP contribution in [0, 0.1) is 0 Å². The molecule has 0 spiro atoms. The third kappa shape index (κ3) is 3.51. The Bertz CT molecular complexity index is 320. The zero-order chi connectivity index (χ0) is 12.9. The second kappa shape index (κ2) is 6.12. The number of hydrogen-bond acceptors (Lipinski definition) is 3. The Morgan fingerprint density at radius 3 is 2.41 bits per heavy atom. The normalized spacial score (nSPS) is 14.0. The molecule has 0 bridgehead atoms. The molecule has 1 N–H and O–H groups in total. The molecule has 0 aliphatic carbocycles. The van der Waals surface area contributed by atoms with E-state index in [0.717, 1.165) is 18.8 Å². The highest BCUT2D eigenvalue weighted by atomic mass is 16.3. The van der Waals surface area contributed by atoms with Crippen LogP contribution in [0.25, 0.3) is 0 Å². The van der Waals surface area contributed by atoms with Crippen molar-refractivity contribution in [1.29, 1.82) is 0 Å². The number of pyridine rings is 1. The van der Waals surface area contributed by atoms with Crippen LogP contribution < -0.4 is 0 Å². The molecule has 1 unspecified atom stereocenters. The molecule has 1 aromatic heterocycles. The first-order chi connectivity index (χ1) is 8.02. The number of nitrogens with zero attached hydrogens (tertiary/aromatic N) is 2. The molecule has 0 amide bonds. The van der Waals surface area contributed by atoms with Crippen LogP contribution in [0.1, 0.15) is 33.4 Å². The molecule has 0 aromatic carbocycles. The predicted octanol–water partition coefficient (Wildman–Crippen LogP) is 2.11. The topological polar surface area (TPSA) is 36.4 Å². The van der Waals surface area contributed by atoms with E-state index in [0.29, 0.717) is 6.42 Å². The van der Waals surface area contributed by atoms with E-state index in [1.54, 1.807) is 6.20 Å². The second-order valence-corrected chi connectivity index (χ2v) is 4.87. The van der Waals surface area contributed by atoms with E-state index in [9.17, 15) is 5.11 Å².